The Labute approximate surface area is 92.5 Å². The standard InChI is InChI=1S/C9H6BrNO2S/c10-8-4-3-7(14-8)5-1-2-6(11-5)9(12)13/h1-4,11H,(H,12,13). The van der Waals surface area contributed by atoms with Crippen molar-refractivity contribution in [2.45, 2.75) is 0 Å². The molecule has 0 fully saturated rings. The first-order valence-electron chi connectivity index (χ1n) is 3.85. The van der Waals surface area contributed by atoms with Crippen LogP contribution in [-0.2, 0) is 0 Å². The van der Waals surface area contributed by atoms with Gasteiger partial charge in [-0.3, -0.25) is 0 Å². The van der Waals surface area contributed by atoms with Crippen LogP contribution in [0.25, 0.3) is 10.6 Å². The van der Waals surface area contributed by atoms with Crippen LogP contribution in [-0.4, -0.2) is 16.1 Å². The van der Waals surface area contributed by atoms with Gasteiger partial charge in [-0.05, 0) is 40.2 Å². The van der Waals surface area contributed by atoms with Gasteiger partial charge in [0.2, 0.25) is 0 Å². The zero-order chi connectivity index (χ0) is 10.1. The lowest BCUT2D eigenvalue weighted by Gasteiger charge is -1.90. The number of aromatic nitrogens is 1. The second-order valence-electron chi connectivity index (χ2n) is 2.69. The van der Waals surface area contributed by atoms with Crippen molar-refractivity contribution in [3.63, 3.8) is 0 Å². The van der Waals surface area contributed by atoms with E-state index in [1.165, 1.54) is 0 Å². The molecule has 0 spiro atoms. The highest BCUT2D eigenvalue weighted by Gasteiger charge is 2.08. The first-order valence-corrected chi connectivity index (χ1v) is 5.46. The third kappa shape index (κ3) is 1.73. The number of aromatic amines is 1. The fraction of sp³-hybridized carbons (Fsp3) is 0. The molecule has 72 valence electrons. The van der Waals surface area contributed by atoms with Gasteiger partial charge in [-0.25, -0.2) is 4.79 Å². The molecule has 0 bridgehead atoms. The van der Waals surface area contributed by atoms with Gasteiger partial charge in [0, 0.05) is 0 Å². The Balaban J connectivity index is 2.38. The number of carboxylic acid groups (broad SMARTS) is 1. The fourth-order valence-electron chi connectivity index (χ4n) is 1.12. The topological polar surface area (TPSA) is 53.1 Å². The monoisotopic (exact) mass is 271 g/mol. The van der Waals surface area contributed by atoms with Crippen LogP contribution < -0.4 is 0 Å². The SMILES string of the molecule is O=C(O)c1ccc(-c2ccc(Br)s2)[nH]1. The Kier molecular flexibility index (Phi) is 2.43. The van der Waals surface area contributed by atoms with Gasteiger partial charge in [-0.1, -0.05) is 0 Å². The molecule has 0 saturated heterocycles. The first kappa shape index (κ1) is 9.48. The maximum atomic E-state index is 10.6. The van der Waals surface area contributed by atoms with E-state index in [1.807, 2.05) is 12.1 Å². The lowest BCUT2D eigenvalue weighted by Crippen LogP contribution is -1.95. The highest BCUT2D eigenvalue weighted by molar-refractivity contribution is 9.11. The fourth-order valence-corrected chi connectivity index (χ4v) is 2.49. The van der Waals surface area contributed by atoms with Gasteiger partial charge < -0.3 is 10.1 Å². The third-order valence-electron chi connectivity index (χ3n) is 1.76. The van der Waals surface area contributed by atoms with Gasteiger partial charge >= 0.3 is 5.97 Å². The van der Waals surface area contributed by atoms with Crippen LogP contribution in [0.4, 0.5) is 0 Å². The molecule has 0 atom stereocenters. The van der Waals surface area contributed by atoms with Gasteiger partial charge in [0.25, 0.3) is 0 Å². The maximum Gasteiger partial charge on any atom is 0.352 e. The van der Waals surface area contributed by atoms with E-state index in [4.69, 9.17) is 5.11 Å². The molecular formula is C9H6BrNO2S. The van der Waals surface area contributed by atoms with Crippen LogP contribution in [0.15, 0.2) is 28.1 Å². The predicted octanol–water partition coefficient (Wildman–Crippen LogP) is 3.20. The lowest BCUT2D eigenvalue weighted by atomic mass is 10.3. The van der Waals surface area contributed by atoms with E-state index >= 15 is 0 Å². The van der Waals surface area contributed by atoms with Crippen molar-refractivity contribution in [1.82, 2.24) is 4.98 Å². The van der Waals surface area contributed by atoms with E-state index in [9.17, 15) is 4.79 Å². The Morgan fingerprint density at radius 3 is 2.64 bits per heavy atom. The summed E-state index contributed by atoms with van der Waals surface area (Å²) < 4.78 is 1.03. The molecule has 0 aliphatic carbocycles. The molecule has 2 aromatic rings. The minimum atomic E-state index is -0.938. The quantitative estimate of drug-likeness (QED) is 0.882. The van der Waals surface area contributed by atoms with E-state index in [1.54, 1.807) is 23.5 Å². The van der Waals surface area contributed by atoms with Crippen molar-refractivity contribution >= 4 is 33.2 Å². The summed E-state index contributed by atoms with van der Waals surface area (Å²) in [6.45, 7) is 0. The number of hydrogen-bond acceptors (Lipinski definition) is 2. The average molecular weight is 272 g/mol. The summed E-state index contributed by atoms with van der Waals surface area (Å²) in [6, 6.07) is 7.19. The van der Waals surface area contributed by atoms with Crippen LogP contribution in [0.5, 0.6) is 0 Å². The third-order valence-corrected chi connectivity index (χ3v) is 3.41. The Bertz CT molecular complexity index is 475. The summed E-state index contributed by atoms with van der Waals surface area (Å²) in [4.78, 5) is 14.5. The molecule has 0 amide bonds. The molecule has 2 N–H and O–H groups in total. The lowest BCUT2D eigenvalue weighted by molar-refractivity contribution is 0.0691. The Hall–Kier alpha value is -1.07. The number of rotatable bonds is 2. The minimum Gasteiger partial charge on any atom is -0.477 e. The molecule has 2 rings (SSSR count). The van der Waals surface area contributed by atoms with Crippen molar-refractivity contribution in [2.24, 2.45) is 0 Å². The number of carbonyl (C=O) groups is 1. The van der Waals surface area contributed by atoms with Crippen LogP contribution in [0, 0.1) is 0 Å². The zero-order valence-electron chi connectivity index (χ0n) is 6.95. The number of aromatic carboxylic acids is 1. The van der Waals surface area contributed by atoms with Crippen LogP contribution in [0.3, 0.4) is 0 Å². The molecule has 3 nitrogen and oxygen atoms in total. The molecular weight excluding hydrogens is 266 g/mol. The van der Waals surface area contributed by atoms with E-state index in [2.05, 4.69) is 20.9 Å². The van der Waals surface area contributed by atoms with E-state index < -0.39 is 5.97 Å². The summed E-state index contributed by atoms with van der Waals surface area (Å²) in [5.74, 6) is -0.938. The van der Waals surface area contributed by atoms with Crippen molar-refractivity contribution in [3.05, 3.63) is 33.7 Å². The summed E-state index contributed by atoms with van der Waals surface area (Å²) in [5, 5.41) is 8.71. The molecule has 5 heteroatoms. The second kappa shape index (κ2) is 3.59. The number of hydrogen-bond donors (Lipinski definition) is 2. The molecule has 2 aromatic heterocycles. The molecule has 0 aromatic carbocycles. The molecule has 0 unspecified atom stereocenters. The Morgan fingerprint density at radius 2 is 2.14 bits per heavy atom. The van der Waals surface area contributed by atoms with Gasteiger partial charge in [0.15, 0.2) is 0 Å². The van der Waals surface area contributed by atoms with Gasteiger partial charge in [-0.15, -0.1) is 11.3 Å². The summed E-state index contributed by atoms with van der Waals surface area (Å²) in [6.07, 6.45) is 0. The van der Waals surface area contributed by atoms with E-state index in [0.717, 1.165) is 14.4 Å². The van der Waals surface area contributed by atoms with Crippen molar-refractivity contribution in [2.75, 3.05) is 0 Å². The normalized spacial score (nSPS) is 10.4. The largest absolute Gasteiger partial charge is 0.477 e. The molecule has 0 saturated carbocycles. The Morgan fingerprint density at radius 1 is 1.36 bits per heavy atom. The van der Waals surface area contributed by atoms with Crippen molar-refractivity contribution in [3.8, 4) is 10.6 Å². The summed E-state index contributed by atoms with van der Waals surface area (Å²) in [5.41, 5.74) is 1.04. The van der Waals surface area contributed by atoms with Crippen LogP contribution >= 0.6 is 27.3 Å². The molecule has 0 radical (unpaired) electrons. The highest BCUT2D eigenvalue weighted by Crippen LogP contribution is 2.30. The van der Waals surface area contributed by atoms with Crippen LogP contribution in [0.1, 0.15) is 10.5 Å². The smallest absolute Gasteiger partial charge is 0.352 e. The van der Waals surface area contributed by atoms with Gasteiger partial charge in [0.05, 0.1) is 14.4 Å². The number of H-pyrrole nitrogens is 1. The zero-order valence-corrected chi connectivity index (χ0v) is 9.35. The molecule has 0 aliphatic rings. The maximum absolute atomic E-state index is 10.6. The molecule has 2 heterocycles. The summed E-state index contributed by atoms with van der Waals surface area (Å²) >= 11 is 4.91. The predicted molar refractivity (Wildman–Crippen MR) is 58.8 cm³/mol. The average Bonchev–Trinajstić information content (AvgIpc) is 2.70. The highest BCUT2D eigenvalue weighted by atomic mass is 79.9. The minimum absolute atomic E-state index is 0.213. The van der Waals surface area contributed by atoms with Crippen molar-refractivity contribution in [1.29, 1.82) is 0 Å². The molecule has 0 aliphatic heterocycles. The number of halogens is 1. The van der Waals surface area contributed by atoms with Crippen molar-refractivity contribution < 1.29 is 9.90 Å². The molecule has 14 heavy (non-hydrogen) atoms. The number of nitrogens with one attached hydrogen (secondary N) is 1. The van der Waals surface area contributed by atoms with E-state index in [0.29, 0.717) is 0 Å². The summed E-state index contributed by atoms with van der Waals surface area (Å²) in [7, 11) is 0. The van der Waals surface area contributed by atoms with Gasteiger partial charge in [0.1, 0.15) is 5.69 Å². The first-order chi connectivity index (χ1) is 6.66. The number of thiophene rings is 1. The van der Waals surface area contributed by atoms with Crippen LogP contribution in [0.2, 0.25) is 0 Å². The van der Waals surface area contributed by atoms with E-state index in [-0.39, 0.29) is 5.69 Å². The van der Waals surface area contributed by atoms with Gasteiger partial charge in [-0.2, -0.15) is 0 Å². The second-order valence-corrected chi connectivity index (χ2v) is 5.16. The number of carboxylic acids is 1.